The van der Waals surface area contributed by atoms with Crippen molar-refractivity contribution < 1.29 is 47.5 Å². The number of rotatable bonds is 0. The summed E-state index contributed by atoms with van der Waals surface area (Å²) in [6.45, 7) is 0. The fourth-order valence-corrected chi connectivity index (χ4v) is 0. The molecule has 0 bridgehead atoms. The fourth-order valence-electron chi connectivity index (χ4n) is 0. The van der Waals surface area contributed by atoms with Crippen molar-refractivity contribution in [3.63, 3.8) is 0 Å². The van der Waals surface area contributed by atoms with Crippen LogP contribution in [0.1, 0.15) is 0 Å². The Balaban J connectivity index is -0.0000000389. The maximum atomic E-state index is 8.25. The molecule has 0 radical (unpaired) electrons. The van der Waals surface area contributed by atoms with Crippen LogP contribution >= 0.6 is 0 Å². The molecule has 0 N–H and O–H groups in total. The molecule has 0 rings (SSSR count). The summed E-state index contributed by atoms with van der Waals surface area (Å²) in [4.78, 5) is 24.5. The summed E-state index contributed by atoms with van der Waals surface area (Å²) in [7, 11) is 0. The Morgan fingerprint density at radius 1 is 0.917 bits per heavy atom. The summed E-state index contributed by atoms with van der Waals surface area (Å²) in [5.41, 5.74) is 0. The van der Waals surface area contributed by atoms with Crippen LogP contribution in [-0.4, -0.2) is 10.2 Å². The van der Waals surface area contributed by atoms with Gasteiger partial charge in [0.1, 0.15) is 0 Å². The summed E-state index contributed by atoms with van der Waals surface area (Å²) in [5, 5.41) is 38.5. The van der Waals surface area contributed by atoms with Crippen LogP contribution in [0, 0.1) is 78.1 Å². The van der Waals surface area contributed by atoms with Gasteiger partial charge >= 0.3 is 0 Å². The van der Waals surface area contributed by atoms with E-state index in [1.54, 1.807) is 0 Å². The van der Waals surface area contributed by atoms with E-state index in [-0.39, 0.29) is 37.3 Å². The Morgan fingerprint density at radius 3 is 0.917 bits per heavy atom. The zero-order valence-corrected chi connectivity index (χ0v) is 6.75. The van der Waals surface area contributed by atoms with Gasteiger partial charge in [0.25, 0.3) is 0 Å². The molecule has 0 aliphatic heterocycles. The number of nitrogens with zero attached hydrogens (tertiary/aromatic N) is 3. The first-order valence-corrected chi connectivity index (χ1v) is 1.46. The molecule has 12 heteroatoms. The Morgan fingerprint density at radius 2 is 0.917 bits per heavy atom. The summed E-state index contributed by atoms with van der Waals surface area (Å²) in [6.07, 6.45) is 0. The van der Waals surface area contributed by atoms with Gasteiger partial charge in [-0.25, -0.2) is 0 Å². The third-order valence-electron chi connectivity index (χ3n) is 0. The SMILES string of the molecule is O=N[O-].O=[N+]([O-])[O-].O=[N+]([O-])[O-].[Er]. The van der Waals surface area contributed by atoms with Gasteiger partial charge in [-0.15, -0.1) is 5.34 Å². The largest absolute Gasteiger partial charge is 0.444 e. The van der Waals surface area contributed by atoms with Gasteiger partial charge in [-0.05, 0) is 0 Å². The van der Waals surface area contributed by atoms with E-state index < -0.39 is 10.2 Å². The minimum atomic E-state index is -1.75. The van der Waals surface area contributed by atoms with Crippen LogP contribution < -0.4 is 0 Å². The van der Waals surface area contributed by atoms with Gasteiger partial charge in [-0.2, -0.15) is 0 Å². The maximum absolute atomic E-state index is 8.25. The summed E-state index contributed by atoms with van der Waals surface area (Å²) < 4.78 is 0. The summed E-state index contributed by atoms with van der Waals surface area (Å²) >= 11 is 0. The molecule has 0 aromatic carbocycles. The zero-order valence-electron chi connectivity index (χ0n) is 4.90. The van der Waals surface area contributed by atoms with Crippen LogP contribution in [0.5, 0.6) is 0 Å². The van der Waals surface area contributed by atoms with E-state index in [1.165, 1.54) is 0 Å². The number of hydrogen-bond acceptors (Lipinski definition) is 9. The molecule has 0 aromatic heterocycles. The van der Waals surface area contributed by atoms with Crippen molar-refractivity contribution in [2.24, 2.45) is 5.34 Å². The van der Waals surface area contributed by atoms with Gasteiger partial charge in [0.15, 0.2) is 0 Å². The van der Waals surface area contributed by atoms with Gasteiger partial charge in [-0.3, -0.25) is 0 Å². The zero-order chi connectivity index (χ0) is 9.86. The standard InChI is InChI=1S/Er.2NO3.HNO2/c;2*2-1(3)4;2-1-3/h;;;(H,2,3)/q;2*-1;/p-1. The Labute approximate surface area is 93.3 Å². The molecule has 0 amide bonds. The first-order chi connectivity index (χ1) is 4.88. The van der Waals surface area contributed by atoms with Crippen LogP contribution in [0.4, 0.5) is 0 Å². The number of hydrogen-bond donors (Lipinski definition) is 0. The second-order valence-electron chi connectivity index (χ2n) is 0.522. The van der Waals surface area contributed by atoms with Crippen LogP contribution in [0.3, 0.4) is 0 Å². The average molecular weight is 337 g/mol. The van der Waals surface area contributed by atoms with Crippen molar-refractivity contribution in [3.8, 4) is 0 Å². The molecule has 0 unspecified atom stereocenters. The molecule has 11 nitrogen and oxygen atoms in total. The second kappa shape index (κ2) is 22.5. The van der Waals surface area contributed by atoms with Crippen LogP contribution in [0.15, 0.2) is 5.34 Å². The Kier molecular flexibility index (Phi) is 42.1. The van der Waals surface area contributed by atoms with Gasteiger partial charge in [0.05, 0.1) is 10.2 Å². The molecule has 78 valence electrons. The van der Waals surface area contributed by atoms with Crippen molar-refractivity contribution in [3.05, 3.63) is 40.8 Å². The molecule has 0 saturated heterocycles. The molecule has 0 fully saturated rings. The van der Waals surface area contributed by atoms with Crippen LogP contribution in [0.25, 0.3) is 0 Å². The van der Waals surface area contributed by atoms with Gasteiger partial charge in [0, 0.05) is 37.3 Å². The normalized spacial score (nSPS) is 5.00. The molecule has 0 heterocycles. The van der Waals surface area contributed by atoms with Crippen molar-refractivity contribution in [1.82, 2.24) is 0 Å². The third-order valence-corrected chi connectivity index (χ3v) is 0. The molecule has 0 aliphatic carbocycles. The van der Waals surface area contributed by atoms with E-state index in [2.05, 4.69) is 0 Å². The molecule has 0 spiro atoms. The molecule has 0 aliphatic rings. The van der Waals surface area contributed by atoms with Crippen LogP contribution in [-0.2, 0) is 0 Å². The predicted molar refractivity (Wildman–Crippen MR) is 29.9 cm³/mol. The Hall–Kier alpha value is -0.953. The van der Waals surface area contributed by atoms with E-state index in [9.17, 15) is 0 Å². The minimum Gasteiger partial charge on any atom is -0.444 e. The van der Waals surface area contributed by atoms with E-state index in [0.29, 0.717) is 0 Å². The molecule has 0 atom stereocenters. The molecular formula is ErN3O8-3. The van der Waals surface area contributed by atoms with Crippen molar-refractivity contribution >= 4 is 0 Å². The predicted octanol–water partition coefficient (Wildman–Crippen LogP) is -0.228. The van der Waals surface area contributed by atoms with E-state index in [0.717, 1.165) is 5.34 Å². The maximum Gasteiger partial charge on any atom is 0.0689 e. The van der Waals surface area contributed by atoms with E-state index in [4.69, 9.17) is 40.8 Å². The first kappa shape index (κ1) is 22.5. The van der Waals surface area contributed by atoms with Gasteiger partial charge < -0.3 is 40.8 Å². The first-order valence-electron chi connectivity index (χ1n) is 1.46. The molecular weight excluding hydrogens is 337 g/mol. The van der Waals surface area contributed by atoms with Crippen LogP contribution in [0.2, 0.25) is 0 Å². The smallest absolute Gasteiger partial charge is 0.0689 e. The monoisotopic (exact) mass is 336 g/mol. The van der Waals surface area contributed by atoms with Crippen molar-refractivity contribution in [2.45, 2.75) is 0 Å². The third kappa shape index (κ3) is 645. The van der Waals surface area contributed by atoms with Crippen molar-refractivity contribution in [1.29, 1.82) is 0 Å². The minimum absolute atomic E-state index is 0. The fraction of sp³-hybridized carbons (Fsp3) is 0. The average Bonchev–Trinajstić information content (AvgIpc) is 1.60. The van der Waals surface area contributed by atoms with Gasteiger partial charge in [-0.1, -0.05) is 0 Å². The topological polar surface area (TPSA) is 185 Å². The van der Waals surface area contributed by atoms with E-state index >= 15 is 0 Å². The quantitative estimate of drug-likeness (QED) is 0.329. The molecule has 0 saturated carbocycles. The molecule has 12 heavy (non-hydrogen) atoms. The van der Waals surface area contributed by atoms with Crippen molar-refractivity contribution in [2.75, 3.05) is 0 Å². The van der Waals surface area contributed by atoms with Gasteiger partial charge in [0.2, 0.25) is 0 Å². The second-order valence-corrected chi connectivity index (χ2v) is 0.522. The molecule has 0 aromatic rings. The Bertz CT molecular complexity index is 101. The summed E-state index contributed by atoms with van der Waals surface area (Å²) in [5.74, 6) is 0. The van der Waals surface area contributed by atoms with E-state index in [1.807, 2.05) is 0 Å². The summed E-state index contributed by atoms with van der Waals surface area (Å²) in [6, 6.07) is 0.